The first-order chi connectivity index (χ1) is 8.74. The average molecular weight is 250 g/mol. The van der Waals surface area contributed by atoms with Crippen LogP contribution in [0.15, 0.2) is 24.3 Å². The molecule has 2 atom stereocenters. The maximum atomic E-state index is 12.0. The molecule has 0 fully saturated rings. The summed E-state index contributed by atoms with van der Waals surface area (Å²) in [6.07, 6.45) is 0.674. The monoisotopic (exact) mass is 250 g/mol. The molecule has 0 spiro atoms. The van der Waals surface area contributed by atoms with Gasteiger partial charge in [-0.1, -0.05) is 18.2 Å². The topological polar surface area (TPSA) is 70.6 Å². The lowest BCUT2D eigenvalue weighted by atomic mass is 10.1. The van der Waals surface area contributed by atoms with Crippen molar-refractivity contribution >= 4 is 11.6 Å². The normalized spacial score (nSPS) is 18.9. The number of amides is 1. The number of aliphatic hydroxyl groups is 1. The van der Waals surface area contributed by atoms with Crippen LogP contribution >= 0.6 is 0 Å². The van der Waals surface area contributed by atoms with E-state index in [4.69, 9.17) is 9.84 Å². The highest BCUT2D eigenvalue weighted by atomic mass is 16.5. The van der Waals surface area contributed by atoms with Crippen molar-refractivity contribution in [1.29, 1.82) is 0 Å². The maximum Gasteiger partial charge on any atom is 0.243 e. The van der Waals surface area contributed by atoms with Gasteiger partial charge in [-0.05, 0) is 11.6 Å². The Labute approximate surface area is 106 Å². The molecule has 0 aromatic heterocycles. The second kappa shape index (κ2) is 5.84. The van der Waals surface area contributed by atoms with Gasteiger partial charge in [0.2, 0.25) is 5.91 Å². The highest BCUT2D eigenvalue weighted by molar-refractivity contribution is 5.87. The molecule has 1 amide bonds. The summed E-state index contributed by atoms with van der Waals surface area (Å²) in [7, 11) is 1.54. The predicted octanol–water partition coefficient (Wildman–Crippen LogP) is 0.147. The molecule has 0 bridgehead atoms. The highest BCUT2D eigenvalue weighted by Crippen LogP contribution is 2.25. The number of anilines is 1. The Morgan fingerprint density at radius 2 is 2.39 bits per heavy atom. The van der Waals surface area contributed by atoms with Gasteiger partial charge in [0.1, 0.15) is 6.04 Å². The molecule has 18 heavy (non-hydrogen) atoms. The molecule has 0 radical (unpaired) electrons. The van der Waals surface area contributed by atoms with Crippen LogP contribution in [0.5, 0.6) is 0 Å². The number of ether oxygens (including phenoxy) is 1. The minimum Gasteiger partial charge on any atom is -0.394 e. The van der Waals surface area contributed by atoms with Gasteiger partial charge in [-0.25, -0.2) is 0 Å². The average Bonchev–Trinajstić information content (AvgIpc) is 2.82. The van der Waals surface area contributed by atoms with Crippen molar-refractivity contribution in [2.45, 2.75) is 18.5 Å². The van der Waals surface area contributed by atoms with Gasteiger partial charge < -0.3 is 20.5 Å². The first-order valence-corrected chi connectivity index (χ1v) is 5.99. The van der Waals surface area contributed by atoms with Gasteiger partial charge in [0.05, 0.1) is 19.3 Å². The predicted molar refractivity (Wildman–Crippen MR) is 68.4 cm³/mol. The van der Waals surface area contributed by atoms with Crippen LogP contribution in [0.4, 0.5) is 5.69 Å². The molecule has 1 aliphatic rings. The molecule has 0 aliphatic carbocycles. The van der Waals surface area contributed by atoms with Crippen LogP contribution in [-0.4, -0.2) is 43.4 Å². The van der Waals surface area contributed by atoms with Gasteiger partial charge in [-0.2, -0.15) is 0 Å². The van der Waals surface area contributed by atoms with E-state index in [1.807, 2.05) is 24.3 Å². The smallest absolute Gasteiger partial charge is 0.243 e. The van der Waals surface area contributed by atoms with E-state index in [1.165, 1.54) is 0 Å². The second-order valence-electron chi connectivity index (χ2n) is 4.40. The van der Waals surface area contributed by atoms with Crippen LogP contribution in [0.2, 0.25) is 0 Å². The summed E-state index contributed by atoms with van der Waals surface area (Å²) >= 11 is 0. The van der Waals surface area contributed by atoms with Crippen molar-refractivity contribution in [3.05, 3.63) is 29.8 Å². The summed E-state index contributed by atoms with van der Waals surface area (Å²) in [5, 5.41) is 15.0. The largest absolute Gasteiger partial charge is 0.394 e. The third-order valence-electron chi connectivity index (χ3n) is 3.02. The van der Waals surface area contributed by atoms with E-state index in [-0.39, 0.29) is 24.6 Å². The molecule has 1 aliphatic heterocycles. The van der Waals surface area contributed by atoms with E-state index >= 15 is 0 Å². The summed E-state index contributed by atoms with van der Waals surface area (Å²) in [6.45, 7) is 0.182. The molecule has 5 nitrogen and oxygen atoms in total. The molecule has 0 saturated carbocycles. The zero-order valence-corrected chi connectivity index (χ0v) is 10.3. The number of fused-ring (bicyclic) bond motifs is 1. The van der Waals surface area contributed by atoms with Crippen LogP contribution < -0.4 is 10.6 Å². The van der Waals surface area contributed by atoms with Gasteiger partial charge in [0, 0.05) is 19.2 Å². The Balaban J connectivity index is 1.92. The fraction of sp³-hybridized carbons (Fsp3) is 0.462. The number of para-hydroxylation sites is 1. The molecule has 3 N–H and O–H groups in total. The van der Waals surface area contributed by atoms with E-state index < -0.39 is 0 Å². The van der Waals surface area contributed by atoms with Gasteiger partial charge in [0.15, 0.2) is 0 Å². The van der Waals surface area contributed by atoms with Gasteiger partial charge in [0.25, 0.3) is 0 Å². The molecule has 1 aromatic rings. The molecular weight excluding hydrogens is 232 g/mol. The Morgan fingerprint density at radius 3 is 3.06 bits per heavy atom. The Hall–Kier alpha value is -1.59. The van der Waals surface area contributed by atoms with E-state index in [0.29, 0.717) is 13.0 Å². The Kier molecular flexibility index (Phi) is 4.17. The fourth-order valence-corrected chi connectivity index (χ4v) is 2.10. The first kappa shape index (κ1) is 12.9. The van der Waals surface area contributed by atoms with Gasteiger partial charge >= 0.3 is 0 Å². The Morgan fingerprint density at radius 1 is 1.61 bits per heavy atom. The third kappa shape index (κ3) is 2.80. The van der Waals surface area contributed by atoms with Crippen molar-refractivity contribution in [2.24, 2.45) is 0 Å². The Bertz CT molecular complexity index is 397. The SMILES string of the molecule is COCC(CO)NC(=O)[C@@H]1Cc2ccccc2N1. The summed E-state index contributed by atoms with van der Waals surface area (Å²) in [5.41, 5.74) is 2.15. The zero-order valence-electron chi connectivity index (χ0n) is 10.3. The summed E-state index contributed by atoms with van der Waals surface area (Å²) in [6, 6.07) is 7.24. The molecule has 1 aromatic carbocycles. The number of hydrogen-bond acceptors (Lipinski definition) is 4. The number of aliphatic hydroxyl groups excluding tert-OH is 1. The van der Waals surface area contributed by atoms with Crippen LogP contribution in [0.25, 0.3) is 0 Å². The van der Waals surface area contributed by atoms with Crippen molar-refractivity contribution in [3.63, 3.8) is 0 Å². The first-order valence-electron chi connectivity index (χ1n) is 5.99. The van der Waals surface area contributed by atoms with Crippen molar-refractivity contribution < 1.29 is 14.6 Å². The summed E-state index contributed by atoms with van der Waals surface area (Å²) in [5.74, 6) is -0.109. The second-order valence-corrected chi connectivity index (χ2v) is 4.40. The highest BCUT2D eigenvalue weighted by Gasteiger charge is 2.27. The fourth-order valence-electron chi connectivity index (χ4n) is 2.10. The zero-order chi connectivity index (χ0) is 13.0. The molecule has 0 saturated heterocycles. The minimum absolute atomic E-state index is 0.109. The molecule has 2 rings (SSSR count). The number of rotatable bonds is 5. The van der Waals surface area contributed by atoms with Crippen molar-refractivity contribution in [3.8, 4) is 0 Å². The van der Waals surface area contributed by atoms with Crippen LogP contribution in [0.1, 0.15) is 5.56 Å². The molecule has 98 valence electrons. The lowest BCUT2D eigenvalue weighted by Crippen LogP contribution is -2.47. The molecule has 1 heterocycles. The van der Waals surface area contributed by atoms with E-state index in [2.05, 4.69) is 10.6 Å². The maximum absolute atomic E-state index is 12.0. The van der Waals surface area contributed by atoms with Crippen LogP contribution in [-0.2, 0) is 16.0 Å². The lowest BCUT2D eigenvalue weighted by Gasteiger charge is -2.18. The van der Waals surface area contributed by atoms with Crippen LogP contribution in [0, 0.1) is 0 Å². The number of carbonyl (C=O) groups is 1. The van der Waals surface area contributed by atoms with Crippen molar-refractivity contribution in [2.75, 3.05) is 25.6 Å². The number of hydrogen-bond donors (Lipinski definition) is 3. The number of nitrogens with one attached hydrogen (secondary N) is 2. The minimum atomic E-state index is -0.354. The van der Waals surface area contributed by atoms with Gasteiger partial charge in [-0.15, -0.1) is 0 Å². The number of benzene rings is 1. The number of methoxy groups -OCH3 is 1. The van der Waals surface area contributed by atoms with Crippen molar-refractivity contribution in [1.82, 2.24) is 5.32 Å². The molecule has 5 heteroatoms. The quantitative estimate of drug-likeness (QED) is 0.695. The van der Waals surface area contributed by atoms with E-state index in [0.717, 1.165) is 11.3 Å². The van der Waals surface area contributed by atoms with Crippen LogP contribution in [0.3, 0.4) is 0 Å². The molecule has 1 unspecified atom stereocenters. The van der Waals surface area contributed by atoms with Gasteiger partial charge in [-0.3, -0.25) is 4.79 Å². The third-order valence-corrected chi connectivity index (χ3v) is 3.02. The molecular formula is C13H18N2O3. The summed E-state index contributed by atoms with van der Waals surface area (Å²) in [4.78, 5) is 12.0. The summed E-state index contributed by atoms with van der Waals surface area (Å²) < 4.78 is 4.93. The van der Waals surface area contributed by atoms with E-state index in [1.54, 1.807) is 7.11 Å². The van der Waals surface area contributed by atoms with E-state index in [9.17, 15) is 4.79 Å². The number of carbonyl (C=O) groups excluding carboxylic acids is 1. The standard InChI is InChI=1S/C13H18N2O3/c1-18-8-10(7-16)14-13(17)12-6-9-4-2-3-5-11(9)15-12/h2-5,10,12,15-16H,6-8H2,1H3,(H,14,17)/t10?,12-/m0/s1. The lowest BCUT2D eigenvalue weighted by molar-refractivity contribution is -0.123.